The molecule has 0 radical (unpaired) electrons. The summed E-state index contributed by atoms with van der Waals surface area (Å²) >= 11 is 0. The third-order valence-corrected chi connectivity index (χ3v) is 9.45. The number of rotatable bonds is 15. The van der Waals surface area contributed by atoms with Crippen molar-refractivity contribution in [3.63, 3.8) is 0 Å². The second-order valence-electron chi connectivity index (χ2n) is 10.9. The molecule has 0 aliphatic rings. The van der Waals surface area contributed by atoms with Crippen molar-refractivity contribution in [3.05, 3.63) is 136 Å². The summed E-state index contributed by atoms with van der Waals surface area (Å²) in [7, 11) is -4.30. The Labute approximate surface area is 269 Å². The van der Waals surface area contributed by atoms with E-state index in [2.05, 4.69) is 5.32 Å². The van der Waals surface area contributed by atoms with Gasteiger partial charge in [-0.15, -0.1) is 0 Å². The van der Waals surface area contributed by atoms with Crippen LogP contribution in [0.5, 0.6) is 0 Å². The van der Waals surface area contributed by atoms with E-state index >= 15 is 0 Å². The molecule has 0 aromatic heterocycles. The van der Waals surface area contributed by atoms with Gasteiger partial charge < -0.3 is 10.2 Å². The Morgan fingerprint density at radius 3 is 2.09 bits per heavy atom. The summed E-state index contributed by atoms with van der Waals surface area (Å²) in [5.41, 5.74) is 2.41. The first kappa shape index (κ1) is 33.9. The molecular formula is C35H38N4O6S. The highest BCUT2D eigenvalue weighted by atomic mass is 32.2. The Morgan fingerprint density at radius 2 is 1.48 bits per heavy atom. The van der Waals surface area contributed by atoms with Gasteiger partial charge in [0.1, 0.15) is 12.6 Å². The highest BCUT2D eigenvalue weighted by Gasteiger charge is 2.34. The summed E-state index contributed by atoms with van der Waals surface area (Å²) in [5.74, 6) is -0.945. The maximum absolute atomic E-state index is 14.5. The molecule has 4 aromatic rings. The lowest BCUT2D eigenvalue weighted by Crippen LogP contribution is -2.53. The number of amides is 2. The van der Waals surface area contributed by atoms with Crippen molar-refractivity contribution in [1.29, 1.82) is 0 Å². The van der Waals surface area contributed by atoms with Gasteiger partial charge in [0.05, 0.1) is 15.5 Å². The molecule has 240 valence electrons. The van der Waals surface area contributed by atoms with E-state index in [1.165, 1.54) is 41.3 Å². The SMILES string of the molecule is CCCCNC(=O)C(Cc1ccccc1)N(Cc1ccccc1C)C(=O)CN(c1ccc([N+](=O)[O-])cc1)S(=O)(=O)c1ccccc1. The van der Waals surface area contributed by atoms with Crippen LogP contribution in [-0.4, -0.2) is 49.2 Å². The Kier molecular flexibility index (Phi) is 11.6. The first-order valence-electron chi connectivity index (χ1n) is 15.1. The molecule has 0 saturated carbocycles. The van der Waals surface area contributed by atoms with E-state index < -0.39 is 33.4 Å². The number of anilines is 1. The van der Waals surface area contributed by atoms with Crippen molar-refractivity contribution in [2.75, 3.05) is 17.4 Å². The van der Waals surface area contributed by atoms with Crippen LogP contribution in [-0.2, 0) is 32.6 Å². The van der Waals surface area contributed by atoms with Gasteiger partial charge in [-0.2, -0.15) is 0 Å². The fourth-order valence-electron chi connectivity index (χ4n) is 5.02. The maximum atomic E-state index is 14.5. The largest absolute Gasteiger partial charge is 0.354 e. The van der Waals surface area contributed by atoms with E-state index in [9.17, 15) is 28.1 Å². The van der Waals surface area contributed by atoms with Crippen LogP contribution in [0.1, 0.15) is 36.5 Å². The number of carbonyl (C=O) groups excluding carboxylic acids is 2. The summed E-state index contributed by atoms with van der Waals surface area (Å²) in [6.07, 6.45) is 1.84. The lowest BCUT2D eigenvalue weighted by molar-refractivity contribution is -0.384. The minimum Gasteiger partial charge on any atom is -0.354 e. The fraction of sp³-hybridized carbons (Fsp3) is 0.257. The monoisotopic (exact) mass is 642 g/mol. The molecule has 2 amide bonds. The number of unbranched alkanes of at least 4 members (excludes halogenated alkanes) is 1. The standard InChI is InChI=1S/C35H38N4O6S/c1-3-4-23-36-35(41)33(24-28-14-7-5-8-15-28)37(25-29-16-12-11-13-27(29)2)34(40)26-38(30-19-21-31(22-20-30)39(42)43)46(44,45)32-17-9-6-10-18-32/h5-22,33H,3-4,23-26H2,1-2H3,(H,36,41). The molecule has 0 spiro atoms. The van der Waals surface area contributed by atoms with Crippen LogP contribution in [0.2, 0.25) is 0 Å². The molecule has 4 aromatic carbocycles. The van der Waals surface area contributed by atoms with Crippen LogP contribution in [0.3, 0.4) is 0 Å². The van der Waals surface area contributed by atoms with Crippen molar-refractivity contribution in [3.8, 4) is 0 Å². The molecule has 1 N–H and O–H groups in total. The van der Waals surface area contributed by atoms with Crippen molar-refractivity contribution < 1.29 is 22.9 Å². The topological polar surface area (TPSA) is 130 Å². The van der Waals surface area contributed by atoms with Gasteiger partial charge in [0, 0.05) is 31.6 Å². The molecule has 0 bridgehead atoms. The zero-order valence-corrected chi connectivity index (χ0v) is 26.7. The number of nitro groups is 1. The summed E-state index contributed by atoms with van der Waals surface area (Å²) in [6, 6.07) is 28.6. The Bertz CT molecular complexity index is 1730. The highest BCUT2D eigenvalue weighted by Crippen LogP contribution is 2.27. The third kappa shape index (κ3) is 8.57. The molecular weight excluding hydrogens is 604 g/mol. The second-order valence-corrected chi connectivity index (χ2v) is 12.8. The van der Waals surface area contributed by atoms with Gasteiger partial charge in [-0.3, -0.25) is 24.0 Å². The quantitative estimate of drug-likeness (QED) is 0.101. The fourth-order valence-corrected chi connectivity index (χ4v) is 6.46. The minimum absolute atomic E-state index is 0.0512. The number of carbonyl (C=O) groups is 2. The summed E-state index contributed by atoms with van der Waals surface area (Å²) in [6.45, 7) is 3.78. The summed E-state index contributed by atoms with van der Waals surface area (Å²) in [4.78, 5) is 40.4. The number of nitrogens with zero attached hydrogens (tertiary/aromatic N) is 3. The number of nitrogens with one attached hydrogen (secondary N) is 1. The van der Waals surface area contributed by atoms with Gasteiger partial charge in [0.25, 0.3) is 15.7 Å². The molecule has 10 nitrogen and oxygen atoms in total. The lowest BCUT2D eigenvalue weighted by atomic mass is 10.0. The van der Waals surface area contributed by atoms with Gasteiger partial charge in [0.15, 0.2) is 0 Å². The smallest absolute Gasteiger partial charge is 0.269 e. The Hall–Kier alpha value is -5.03. The highest BCUT2D eigenvalue weighted by molar-refractivity contribution is 7.92. The Morgan fingerprint density at radius 1 is 0.870 bits per heavy atom. The number of non-ortho nitro benzene ring substituents is 1. The van der Waals surface area contributed by atoms with Gasteiger partial charge in [-0.05, 0) is 54.3 Å². The molecule has 0 aliphatic heterocycles. The minimum atomic E-state index is -4.30. The maximum Gasteiger partial charge on any atom is 0.269 e. The summed E-state index contributed by atoms with van der Waals surface area (Å²) < 4.78 is 29.0. The van der Waals surface area contributed by atoms with E-state index in [-0.39, 0.29) is 35.1 Å². The van der Waals surface area contributed by atoms with Crippen LogP contribution in [0.15, 0.2) is 114 Å². The second kappa shape index (κ2) is 15.8. The third-order valence-electron chi connectivity index (χ3n) is 7.66. The Balaban J connectivity index is 1.80. The predicted octanol–water partition coefficient (Wildman–Crippen LogP) is 5.65. The van der Waals surface area contributed by atoms with Gasteiger partial charge in [-0.1, -0.05) is 86.1 Å². The lowest BCUT2D eigenvalue weighted by Gasteiger charge is -2.34. The van der Waals surface area contributed by atoms with Crippen LogP contribution in [0.25, 0.3) is 0 Å². The predicted molar refractivity (Wildman–Crippen MR) is 178 cm³/mol. The first-order valence-corrected chi connectivity index (χ1v) is 16.5. The summed E-state index contributed by atoms with van der Waals surface area (Å²) in [5, 5.41) is 14.3. The van der Waals surface area contributed by atoms with E-state index in [4.69, 9.17) is 0 Å². The van der Waals surface area contributed by atoms with E-state index in [0.29, 0.717) is 6.54 Å². The number of benzene rings is 4. The average molecular weight is 643 g/mol. The molecule has 1 unspecified atom stereocenters. The molecule has 11 heteroatoms. The van der Waals surface area contributed by atoms with Crippen LogP contribution in [0.4, 0.5) is 11.4 Å². The molecule has 0 fully saturated rings. The number of hydrogen-bond donors (Lipinski definition) is 1. The van der Waals surface area contributed by atoms with Gasteiger partial charge in [-0.25, -0.2) is 8.42 Å². The van der Waals surface area contributed by atoms with Crippen LogP contribution in [0, 0.1) is 17.0 Å². The number of sulfonamides is 1. The zero-order chi connectivity index (χ0) is 33.1. The number of nitro benzene ring substituents is 1. The van der Waals surface area contributed by atoms with Gasteiger partial charge >= 0.3 is 0 Å². The molecule has 4 rings (SSSR count). The van der Waals surface area contributed by atoms with Gasteiger partial charge in [0.2, 0.25) is 11.8 Å². The van der Waals surface area contributed by atoms with Crippen LogP contribution >= 0.6 is 0 Å². The van der Waals surface area contributed by atoms with Crippen molar-refractivity contribution in [2.45, 2.75) is 50.6 Å². The molecule has 46 heavy (non-hydrogen) atoms. The molecule has 0 heterocycles. The van der Waals surface area contributed by atoms with E-state index in [1.807, 2.05) is 68.4 Å². The molecule has 0 aliphatic carbocycles. The van der Waals surface area contributed by atoms with E-state index in [1.54, 1.807) is 18.2 Å². The van der Waals surface area contributed by atoms with Crippen molar-refractivity contribution >= 4 is 33.2 Å². The van der Waals surface area contributed by atoms with Crippen molar-refractivity contribution in [2.24, 2.45) is 0 Å². The van der Waals surface area contributed by atoms with Crippen molar-refractivity contribution in [1.82, 2.24) is 10.2 Å². The average Bonchev–Trinajstić information content (AvgIpc) is 3.06. The normalized spacial score (nSPS) is 11.8. The zero-order valence-electron chi connectivity index (χ0n) is 25.9. The number of aryl methyl sites for hydroxylation is 1. The number of hydrogen-bond acceptors (Lipinski definition) is 6. The first-order chi connectivity index (χ1) is 22.1. The molecule has 1 atom stereocenters. The van der Waals surface area contributed by atoms with Crippen LogP contribution < -0.4 is 9.62 Å². The molecule has 0 saturated heterocycles. The van der Waals surface area contributed by atoms with E-state index in [0.717, 1.165) is 33.8 Å².